The third kappa shape index (κ3) is 3.53. The molecule has 0 saturated heterocycles. The largest absolute Gasteiger partial charge is 0.321 e. The van der Waals surface area contributed by atoms with Crippen LogP contribution in [0.4, 0.5) is 11.4 Å². The summed E-state index contributed by atoms with van der Waals surface area (Å²) in [5, 5.41) is 13.9. The number of rotatable bonds is 4. The molecular weight excluding hydrogens is 312 g/mol. The molecule has 0 radical (unpaired) electrons. The van der Waals surface area contributed by atoms with Crippen molar-refractivity contribution in [2.75, 3.05) is 11.6 Å². The topological polar surface area (TPSA) is 72.2 Å². The van der Waals surface area contributed by atoms with Crippen LogP contribution >= 0.6 is 23.4 Å². The number of carbonyl (C=O) groups is 1. The van der Waals surface area contributed by atoms with E-state index in [0.29, 0.717) is 5.69 Å². The van der Waals surface area contributed by atoms with Crippen LogP contribution in [0.15, 0.2) is 47.4 Å². The number of nitro benzene ring substituents is 1. The van der Waals surface area contributed by atoms with Gasteiger partial charge in [-0.2, -0.15) is 0 Å². The zero-order valence-electron chi connectivity index (χ0n) is 11.0. The molecule has 5 nitrogen and oxygen atoms in total. The van der Waals surface area contributed by atoms with Crippen molar-refractivity contribution in [2.24, 2.45) is 0 Å². The minimum Gasteiger partial charge on any atom is -0.321 e. The van der Waals surface area contributed by atoms with Crippen molar-refractivity contribution >= 4 is 40.6 Å². The van der Waals surface area contributed by atoms with Gasteiger partial charge in [0, 0.05) is 16.0 Å². The fourth-order valence-electron chi connectivity index (χ4n) is 1.79. The molecule has 0 aromatic heterocycles. The first-order chi connectivity index (χ1) is 10.0. The van der Waals surface area contributed by atoms with E-state index in [-0.39, 0.29) is 16.3 Å². The van der Waals surface area contributed by atoms with Crippen molar-refractivity contribution in [3.8, 4) is 0 Å². The summed E-state index contributed by atoms with van der Waals surface area (Å²) in [6.07, 6.45) is 1.88. The summed E-state index contributed by atoms with van der Waals surface area (Å²) in [4.78, 5) is 23.5. The Balaban J connectivity index is 2.35. The predicted octanol–water partition coefficient (Wildman–Crippen LogP) is 4.22. The van der Waals surface area contributed by atoms with Gasteiger partial charge < -0.3 is 5.32 Å². The normalized spacial score (nSPS) is 10.2. The number of benzene rings is 2. The minimum absolute atomic E-state index is 0.0275. The summed E-state index contributed by atoms with van der Waals surface area (Å²) in [6, 6.07) is 11.2. The van der Waals surface area contributed by atoms with Gasteiger partial charge in [0.05, 0.1) is 10.6 Å². The van der Waals surface area contributed by atoms with Crippen LogP contribution in [0.5, 0.6) is 0 Å². The van der Waals surface area contributed by atoms with E-state index in [2.05, 4.69) is 5.32 Å². The first-order valence-corrected chi connectivity index (χ1v) is 7.51. The van der Waals surface area contributed by atoms with Crippen molar-refractivity contribution in [3.63, 3.8) is 0 Å². The summed E-state index contributed by atoms with van der Waals surface area (Å²) in [6.45, 7) is 0. The van der Waals surface area contributed by atoms with Gasteiger partial charge in [-0.15, -0.1) is 11.8 Å². The number of anilines is 1. The Morgan fingerprint density at radius 2 is 2.00 bits per heavy atom. The first-order valence-electron chi connectivity index (χ1n) is 5.91. The number of nitrogens with zero attached hydrogens (tertiary/aromatic N) is 1. The number of para-hydroxylation sites is 1. The second-order valence-corrected chi connectivity index (χ2v) is 5.36. The van der Waals surface area contributed by atoms with Gasteiger partial charge in [-0.05, 0) is 30.5 Å². The molecule has 0 aliphatic heterocycles. The molecule has 0 unspecified atom stereocenters. The Bertz CT molecular complexity index is 706. The minimum atomic E-state index is -0.624. The van der Waals surface area contributed by atoms with E-state index < -0.39 is 10.8 Å². The summed E-state index contributed by atoms with van der Waals surface area (Å²) < 4.78 is 0. The van der Waals surface area contributed by atoms with E-state index in [1.165, 1.54) is 23.9 Å². The van der Waals surface area contributed by atoms with E-state index in [9.17, 15) is 14.9 Å². The fourth-order valence-corrected chi connectivity index (χ4v) is 2.51. The Kier molecular flexibility index (Phi) is 4.82. The zero-order chi connectivity index (χ0) is 15.4. The third-order valence-electron chi connectivity index (χ3n) is 2.76. The molecule has 0 heterocycles. The lowest BCUT2D eigenvalue weighted by Crippen LogP contribution is -2.14. The Morgan fingerprint density at radius 3 is 2.67 bits per heavy atom. The smallest absolute Gasteiger partial charge is 0.283 e. The highest BCUT2D eigenvalue weighted by atomic mass is 35.5. The van der Waals surface area contributed by atoms with E-state index in [0.717, 1.165) is 11.0 Å². The molecule has 21 heavy (non-hydrogen) atoms. The monoisotopic (exact) mass is 322 g/mol. The van der Waals surface area contributed by atoms with Gasteiger partial charge in [0.15, 0.2) is 0 Å². The number of nitro groups is 1. The van der Waals surface area contributed by atoms with Crippen LogP contribution < -0.4 is 5.32 Å². The van der Waals surface area contributed by atoms with Gasteiger partial charge in [-0.25, -0.2) is 0 Å². The fraction of sp³-hybridized carbons (Fsp3) is 0.0714. The molecule has 0 bridgehead atoms. The van der Waals surface area contributed by atoms with Crippen molar-refractivity contribution in [2.45, 2.75) is 4.90 Å². The molecule has 2 rings (SSSR count). The van der Waals surface area contributed by atoms with Crippen LogP contribution in [0.1, 0.15) is 10.4 Å². The molecule has 1 N–H and O–H groups in total. The highest BCUT2D eigenvalue weighted by molar-refractivity contribution is 7.98. The molecular formula is C14H11ClN2O3S. The van der Waals surface area contributed by atoms with E-state index in [4.69, 9.17) is 11.6 Å². The van der Waals surface area contributed by atoms with Crippen LogP contribution in [0.25, 0.3) is 0 Å². The number of nitrogens with one attached hydrogen (secondary N) is 1. The van der Waals surface area contributed by atoms with Crippen LogP contribution in [-0.4, -0.2) is 17.1 Å². The maximum atomic E-state index is 12.3. The van der Waals surface area contributed by atoms with Crippen LogP contribution in [-0.2, 0) is 0 Å². The zero-order valence-corrected chi connectivity index (χ0v) is 12.6. The Morgan fingerprint density at radius 1 is 1.29 bits per heavy atom. The Labute approximate surface area is 130 Å². The number of amides is 1. The molecule has 2 aromatic rings. The Hall–Kier alpha value is -2.05. The SMILES string of the molecule is CSc1ccccc1NC(=O)c1ccc(Cl)cc1[N+](=O)[O-]. The molecule has 0 saturated carbocycles. The van der Waals surface area contributed by atoms with E-state index >= 15 is 0 Å². The van der Waals surface area contributed by atoms with Crippen molar-refractivity contribution < 1.29 is 9.72 Å². The quantitative estimate of drug-likeness (QED) is 0.519. The highest BCUT2D eigenvalue weighted by Gasteiger charge is 2.21. The second kappa shape index (κ2) is 6.60. The lowest BCUT2D eigenvalue weighted by Gasteiger charge is -2.09. The number of carbonyl (C=O) groups excluding carboxylic acids is 1. The highest BCUT2D eigenvalue weighted by Crippen LogP contribution is 2.27. The molecule has 0 aliphatic carbocycles. The van der Waals surface area contributed by atoms with Crippen molar-refractivity contribution in [3.05, 3.63) is 63.2 Å². The van der Waals surface area contributed by atoms with Gasteiger partial charge in [-0.1, -0.05) is 23.7 Å². The van der Waals surface area contributed by atoms with Crippen molar-refractivity contribution in [1.82, 2.24) is 0 Å². The van der Waals surface area contributed by atoms with Gasteiger partial charge in [-0.3, -0.25) is 14.9 Å². The third-order valence-corrected chi connectivity index (χ3v) is 3.79. The molecule has 0 fully saturated rings. The standard InChI is InChI=1S/C14H11ClN2O3S/c1-21-13-5-3-2-4-11(13)16-14(18)10-7-6-9(15)8-12(10)17(19)20/h2-8H,1H3,(H,16,18). The van der Waals surface area contributed by atoms with Crippen LogP contribution in [0, 0.1) is 10.1 Å². The molecule has 0 atom stereocenters. The molecule has 0 aliphatic rings. The summed E-state index contributed by atoms with van der Waals surface area (Å²) >= 11 is 7.21. The average Bonchev–Trinajstić information content (AvgIpc) is 2.47. The average molecular weight is 323 g/mol. The van der Waals surface area contributed by atoms with E-state index in [1.54, 1.807) is 12.1 Å². The molecule has 1 amide bonds. The van der Waals surface area contributed by atoms with Crippen molar-refractivity contribution in [1.29, 1.82) is 0 Å². The predicted molar refractivity (Wildman–Crippen MR) is 84.3 cm³/mol. The van der Waals surface area contributed by atoms with Gasteiger partial charge >= 0.3 is 0 Å². The van der Waals surface area contributed by atoms with Crippen LogP contribution in [0.3, 0.4) is 0 Å². The molecule has 2 aromatic carbocycles. The molecule has 108 valence electrons. The summed E-state index contributed by atoms with van der Waals surface area (Å²) in [5.41, 5.74) is 0.265. The maximum Gasteiger partial charge on any atom is 0.283 e. The van der Waals surface area contributed by atoms with Crippen LogP contribution in [0.2, 0.25) is 5.02 Å². The van der Waals surface area contributed by atoms with E-state index in [1.807, 2.05) is 18.4 Å². The molecule has 7 heteroatoms. The number of thioether (sulfide) groups is 1. The summed E-state index contributed by atoms with van der Waals surface area (Å²) in [5.74, 6) is -0.542. The summed E-state index contributed by atoms with van der Waals surface area (Å²) in [7, 11) is 0. The maximum absolute atomic E-state index is 12.3. The van der Waals surface area contributed by atoms with Gasteiger partial charge in [0.25, 0.3) is 11.6 Å². The molecule has 0 spiro atoms. The number of halogens is 1. The lowest BCUT2D eigenvalue weighted by molar-refractivity contribution is -0.385. The second-order valence-electron chi connectivity index (χ2n) is 4.07. The number of hydrogen-bond acceptors (Lipinski definition) is 4. The van der Waals surface area contributed by atoms with Gasteiger partial charge in [0.2, 0.25) is 0 Å². The lowest BCUT2D eigenvalue weighted by atomic mass is 10.1. The number of hydrogen-bond donors (Lipinski definition) is 1. The first kappa shape index (κ1) is 15.3. The van der Waals surface area contributed by atoms with Gasteiger partial charge in [0.1, 0.15) is 5.56 Å².